The van der Waals surface area contributed by atoms with E-state index >= 15 is 0 Å². The molecule has 2 fully saturated rings. The molecule has 0 saturated carbocycles. The van der Waals surface area contributed by atoms with Crippen LogP contribution in [0.25, 0.3) is 0 Å². The number of hydrogen-bond donors (Lipinski definition) is 1. The van der Waals surface area contributed by atoms with Crippen LogP contribution >= 0.6 is 0 Å². The largest absolute Gasteiger partial charge is 0.372 e. The summed E-state index contributed by atoms with van der Waals surface area (Å²) in [5, 5.41) is 2.83. The molecule has 120 valence electrons. The van der Waals surface area contributed by atoms with Gasteiger partial charge in [-0.3, -0.25) is 4.79 Å². The molecular formula is C16H22N2O3S. The van der Waals surface area contributed by atoms with Crippen molar-refractivity contribution in [2.45, 2.75) is 25.7 Å². The van der Waals surface area contributed by atoms with Crippen molar-refractivity contribution in [3.63, 3.8) is 0 Å². The second kappa shape index (κ2) is 6.28. The highest BCUT2D eigenvalue weighted by Gasteiger charge is 2.32. The van der Waals surface area contributed by atoms with E-state index in [1.54, 1.807) is 0 Å². The first kappa shape index (κ1) is 15.3. The van der Waals surface area contributed by atoms with E-state index in [1.165, 1.54) is 24.9 Å². The molecule has 1 N–H and O–H groups in total. The van der Waals surface area contributed by atoms with Gasteiger partial charge in [-0.25, -0.2) is 8.42 Å². The molecular weight excluding hydrogens is 300 g/mol. The molecule has 0 aromatic heterocycles. The summed E-state index contributed by atoms with van der Waals surface area (Å²) >= 11 is 0. The fourth-order valence-electron chi connectivity index (χ4n) is 3.15. The lowest BCUT2D eigenvalue weighted by Crippen LogP contribution is -2.29. The number of hydrogen-bond acceptors (Lipinski definition) is 4. The number of carbonyl (C=O) groups excluding carboxylic acids is 1. The van der Waals surface area contributed by atoms with Gasteiger partial charge in [-0.15, -0.1) is 0 Å². The number of rotatable bonds is 3. The molecule has 1 amide bonds. The molecule has 1 aromatic rings. The van der Waals surface area contributed by atoms with Gasteiger partial charge in [-0.1, -0.05) is 0 Å². The Balaban J connectivity index is 1.60. The minimum atomic E-state index is -3.02. The third-order valence-electron chi connectivity index (χ3n) is 4.46. The number of nitrogens with zero attached hydrogens (tertiary/aromatic N) is 1. The Labute approximate surface area is 131 Å². The predicted molar refractivity (Wildman–Crippen MR) is 87.9 cm³/mol. The van der Waals surface area contributed by atoms with Crippen molar-refractivity contribution >= 4 is 27.1 Å². The topological polar surface area (TPSA) is 66.5 Å². The molecule has 0 spiro atoms. The molecule has 1 unspecified atom stereocenters. The molecule has 0 radical (unpaired) electrons. The Morgan fingerprint density at radius 3 is 2.36 bits per heavy atom. The van der Waals surface area contributed by atoms with Crippen molar-refractivity contribution < 1.29 is 13.2 Å². The minimum absolute atomic E-state index is 0.0231. The standard InChI is InChI=1S/C16H22N2O3S/c19-16(13-8-11-22(20,21)12-13)17-14-4-6-15(7-5-14)18-9-2-1-3-10-18/h4-7,13H,1-3,8-12H2,(H,17,19). The summed E-state index contributed by atoms with van der Waals surface area (Å²) in [5.41, 5.74) is 1.91. The molecule has 0 aliphatic carbocycles. The van der Waals surface area contributed by atoms with E-state index in [1.807, 2.05) is 24.3 Å². The van der Waals surface area contributed by atoms with Crippen molar-refractivity contribution in [1.29, 1.82) is 0 Å². The number of amides is 1. The van der Waals surface area contributed by atoms with Gasteiger partial charge in [0.05, 0.1) is 17.4 Å². The molecule has 22 heavy (non-hydrogen) atoms. The fraction of sp³-hybridized carbons (Fsp3) is 0.562. The highest BCUT2D eigenvalue weighted by atomic mass is 32.2. The van der Waals surface area contributed by atoms with E-state index < -0.39 is 15.8 Å². The van der Waals surface area contributed by atoms with Crippen LogP contribution in [-0.4, -0.2) is 38.9 Å². The number of sulfone groups is 1. The van der Waals surface area contributed by atoms with E-state index in [9.17, 15) is 13.2 Å². The smallest absolute Gasteiger partial charge is 0.228 e. The molecule has 5 nitrogen and oxygen atoms in total. The summed E-state index contributed by atoms with van der Waals surface area (Å²) < 4.78 is 22.9. The van der Waals surface area contributed by atoms with Gasteiger partial charge in [-0.2, -0.15) is 0 Å². The molecule has 2 aliphatic heterocycles. The van der Waals surface area contributed by atoms with Gasteiger partial charge >= 0.3 is 0 Å². The van der Waals surface area contributed by atoms with Gasteiger partial charge in [0.1, 0.15) is 0 Å². The van der Waals surface area contributed by atoms with E-state index in [0.717, 1.165) is 18.8 Å². The summed E-state index contributed by atoms with van der Waals surface area (Å²) in [4.78, 5) is 14.5. The summed E-state index contributed by atoms with van der Waals surface area (Å²) in [6.07, 6.45) is 4.19. The highest BCUT2D eigenvalue weighted by molar-refractivity contribution is 7.91. The van der Waals surface area contributed by atoms with Gasteiger partial charge in [0.15, 0.2) is 9.84 Å². The van der Waals surface area contributed by atoms with Gasteiger partial charge < -0.3 is 10.2 Å². The predicted octanol–water partition coefficient (Wildman–Crippen LogP) is 2.05. The maximum absolute atomic E-state index is 12.1. The maximum atomic E-state index is 12.1. The molecule has 3 rings (SSSR count). The van der Waals surface area contributed by atoms with Crippen LogP contribution in [0.3, 0.4) is 0 Å². The lowest BCUT2D eigenvalue weighted by atomic mass is 10.1. The molecule has 2 aliphatic rings. The Morgan fingerprint density at radius 1 is 1.09 bits per heavy atom. The lowest BCUT2D eigenvalue weighted by Gasteiger charge is -2.28. The number of benzene rings is 1. The highest BCUT2D eigenvalue weighted by Crippen LogP contribution is 2.23. The van der Waals surface area contributed by atoms with Crippen LogP contribution in [0, 0.1) is 5.92 Å². The van der Waals surface area contributed by atoms with Gasteiger partial charge in [0.2, 0.25) is 5.91 Å². The zero-order valence-electron chi connectivity index (χ0n) is 12.6. The molecule has 1 atom stereocenters. The van der Waals surface area contributed by atoms with E-state index in [4.69, 9.17) is 0 Å². The quantitative estimate of drug-likeness (QED) is 0.925. The molecule has 6 heteroatoms. The van der Waals surface area contributed by atoms with Crippen LogP contribution in [0.5, 0.6) is 0 Å². The van der Waals surface area contributed by atoms with Crippen LogP contribution in [0.2, 0.25) is 0 Å². The Morgan fingerprint density at radius 2 is 1.77 bits per heavy atom. The lowest BCUT2D eigenvalue weighted by molar-refractivity contribution is -0.119. The number of nitrogens with one attached hydrogen (secondary N) is 1. The van der Waals surface area contributed by atoms with Crippen LogP contribution in [0.15, 0.2) is 24.3 Å². The third-order valence-corrected chi connectivity index (χ3v) is 6.23. The first-order chi connectivity index (χ1) is 10.5. The minimum Gasteiger partial charge on any atom is -0.372 e. The normalized spacial score (nSPS) is 24.2. The second-order valence-corrected chi connectivity index (χ2v) is 8.41. The van der Waals surface area contributed by atoms with Gasteiger partial charge in [0, 0.05) is 24.5 Å². The van der Waals surface area contributed by atoms with Crippen molar-refractivity contribution in [3.05, 3.63) is 24.3 Å². The van der Waals surface area contributed by atoms with Crippen molar-refractivity contribution in [2.75, 3.05) is 34.8 Å². The molecule has 2 saturated heterocycles. The van der Waals surface area contributed by atoms with Crippen molar-refractivity contribution in [3.8, 4) is 0 Å². The van der Waals surface area contributed by atoms with E-state index in [0.29, 0.717) is 6.42 Å². The monoisotopic (exact) mass is 322 g/mol. The number of piperidine rings is 1. The zero-order chi connectivity index (χ0) is 15.6. The summed E-state index contributed by atoms with van der Waals surface area (Å²) in [6.45, 7) is 2.18. The number of carbonyl (C=O) groups is 1. The van der Waals surface area contributed by atoms with Crippen LogP contribution in [-0.2, 0) is 14.6 Å². The van der Waals surface area contributed by atoms with Crippen LogP contribution in [0.1, 0.15) is 25.7 Å². The first-order valence-corrected chi connectivity index (χ1v) is 9.72. The molecule has 2 heterocycles. The second-order valence-electron chi connectivity index (χ2n) is 6.18. The van der Waals surface area contributed by atoms with Crippen molar-refractivity contribution in [2.24, 2.45) is 5.92 Å². The number of anilines is 2. The van der Waals surface area contributed by atoms with Crippen LogP contribution in [0.4, 0.5) is 11.4 Å². The summed E-state index contributed by atoms with van der Waals surface area (Å²) in [7, 11) is -3.02. The van der Waals surface area contributed by atoms with Gasteiger partial charge in [-0.05, 0) is 49.9 Å². The SMILES string of the molecule is O=C(Nc1ccc(N2CCCCC2)cc1)C1CCS(=O)(=O)C1. The zero-order valence-corrected chi connectivity index (χ0v) is 13.4. The van der Waals surface area contributed by atoms with Crippen molar-refractivity contribution in [1.82, 2.24) is 0 Å². The average Bonchev–Trinajstić information content (AvgIpc) is 2.89. The van der Waals surface area contributed by atoms with E-state index in [-0.39, 0.29) is 17.4 Å². The third kappa shape index (κ3) is 3.61. The maximum Gasteiger partial charge on any atom is 0.228 e. The first-order valence-electron chi connectivity index (χ1n) is 7.90. The Kier molecular flexibility index (Phi) is 4.38. The fourth-order valence-corrected chi connectivity index (χ4v) is 4.90. The van der Waals surface area contributed by atoms with E-state index in [2.05, 4.69) is 10.2 Å². The summed E-state index contributed by atoms with van der Waals surface area (Å²) in [5.74, 6) is -0.498. The van der Waals surface area contributed by atoms with Gasteiger partial charge in [0.25, 0.3) is 0 Å². The molecule has 0 bridgehead atoms. The Hall–Kier alpha value is -1.56. The van der Waals surface area contributed by atoms with Crippen LogP contribution < -0.4 is 10.2 Å². The summed E-state index contributed by atoms with van der Waals surface area (Å²) in [6, 6.07) is 7.83. The Bertz CT molecular complexity index is 634. The molecule has 1 aromatic carbocycles. The average molecular weight is 322 g/mol.